The van der Waals surface area contributed by atoms with Gasteiger partial charge < -0.3 is 20.3 Å². The molecule has 124 valence electrons. The molecule has 22 heavy (non-hydrogen) atoms. The molecule has 0 saturated carbocycles. The van der Waals surface area contributed by atoms with Gasteiger partial charge in [0.25, 0.3) is 0 Å². The summed E-state index contributed by atoms with van der Waals surface area (Å²) in [5.74, 6) is -0.254. The number of ether oxygens (including phenoxy) is 2. The molecule has 1 aromatic carbocycles. The van der Waals surface area contributed by atoms with E-state index in [0.717, 1.165) is 0 Å². The number of rotatable bonds is 8. The summed E-state index contributed by atoms with van der Waals surface area (Å²) < 4.78 is 11.4. The number of nitrogens with two attached hydrogens (primary N) is 1. The van der Waals surface area contributed by atoms with Gasteiger partial charge in [0.1, 0.15) is 11.5 Å². The summed E-state index contributed by atoms with van der Waals surface area (Å²) in [5, 5.41) is 9.29. The summed E-state index contributed by atoms with van der Waals surface area (Å²) in [6.45, 7) is 9.55. The van der Waals surface area contributed by atoms with Gasteiger partial charge in [-0.3, -0.25) is 4.79 Å². The minimum Gasteiger partial charge on any atom is -0.491 e. The predicted molar refractivity (Wildman–Crippen MR) is 86.3 cm³/mol. The molecule has 0 radical (unpaired) electrons. The van der Waals surface area contributed by atoms with E-state index in [9.17, 15) is 9.90 Å². The molecule has 5 heteroatoms. The van der Waals surface area contributed by atoms with Crippen LogP contribution in [0.5, 0.6) is 11.5 Å². The molecule has 0 heterocycles. The molecule has 5 nitrogen and oxygen atoms in total. The molecule has 2 atom stereocenters. The van der Waals surface area contributed by atoms with Gasteiger partial charge in [-0.15, -0.1) is 0 Å². The molecule has 1 aromatic rings. The summed E-state index contributed by atoms with van der Waals surface area (Å²) in [6.07, 6.45) is 0.492. The van der Waals surface area contributed by atoms with Crippen molar-refractivity contribution in [3.8, 4) is 11.5 Å². The Morgan fingerprint density at radius 2 is 1.55 bits per heavy atom. The number of carbonyl (C=O) groups is 1. The summed E-state index contributed by atoms with van der Waals surface area (Å²) in [5.41, 5.74) is 6.87. The van der Waals surface area contributed by atoms with Crippen molar-refractivity contribution >= 4 is 5.97 Å². The Morgan fingerprint density at radius 3 is 1.86 bits per heavy atom. The number of benzene rings is 1. The van der Waals surface area contributed by atoms with Crippen molar-refractivity contribution in [3.05, 3.63) is 23.8 Å². The maximum atomic E-state index is 11.3. The van der Waals surface area contributed by atoms with E-state index in [-0.39, 0.29) is 12.2 Å². The molecular weight excluding hydrogens is 282 g/mol. The second-order valence-electron chi connectivity index (χ2n) is 5.95. The molecular formula is C17H27NO4. The molecule has 0 fully saturated rings. The third-order valence-electron chi connectivity index (χ3n) is 3.22. The molecule has 1 rings (SSSR count). The molecule has 0 aromatic heterocycles. The van der Waals surface area contributed by atoms with E-state index in [2.05, 4.69) is 0 Å². The topological polar surface area (TPSA) is 81.8 Å². The van der Waals surface area contributed by atoms with E-state index in [1.165, 1.54) is 0 Å². The minimum atomic E-state index is -0.892. The van der Waals surface area contributed by atoms with E-state index >= 15 is 0 Å². The van der Waals surface area contributed by atoms with Crippen LogP contribution in [0.4, 0.5) is 0 Å². The second-order valence-corrected chi connectivity index (χ2v) is 5.95. The second kappa shape index (κ2) is 8.03. The highest BCUT2D eigenvalue weighted by atomic mass is 16.5. The number of carboxylic acid groups (broad SMARTS) is 1. The maximum Gasteiger partial charge on any atom is 0.308 e. The number of hydrogen-bond donors (Lipinski definition) is 2. The summed E-state index contributed by atoms with van der Waals surface area (Å²) in [7, 11) is 0. The fourth-order valence-corrected chi connectivity index (χ4v) is 2.28. The van der Waals surface area contributed by atoms with Crippen LogP contribution in [0.3, 0.4) is 0 Å². The van der Waals surface area contributed by atoms with Crippen LogP contribution in [0, 0.1) is 5.92 Å². The highest BCUT2D eigenvalue weighted by Gasteiger charge is 2.25. The molecule has 0 aliphatic heterocycles. The van der Waals surface area contributed by atoms with E-state index in [0.29, 0.717) is 23.5 Å². The predicted octanol–water partition coefficient (Wildman–Crippen LogP) is 3.37. The van der Waals surface area contributed by atoms with Crippen LogP contribution in [-0.4, -0.2) is 23.3 Å². The number of hydrogen-bond acceptors (Lipinski definition) is 4. The highest BCUT2D eigenvalue weighted by molar-refractivity contribution is 5.71. The van der Waals surface area contributed by atoms with Gasteiger partial charge in [-0.1, -0.05) is 6.92 Å². The van der Waals surface area contributed by atoms with Gasteiger partial charge in [0, 0.05) is 12.1 Å². The van der Waals surface area contributed by atoms with Crippen LogP contribution in [0.15, 0.2) is 18.2 Å². The van der Waals surface area contributed by atoms with Crippen molar-refractivity contribution in [3.63, 3.8) is 0 Å². The number of aliphatic carboxylic acids is 1. The zero-order chi connectivity index (χ0) is 16.9. The van der Waals surface area contributed by atoms with Crippen LogP contribution < -0.4 is 15.2 Å². The molecule has 2 unspecified atom stereocenters. The van der Waals surface area contributed by atoms with Crippen molar-refractivity contribution in [1.29, 1.82) is 0 Å². The lowest BCUT2D eigenvalue weighted by atomic mass is 9.91. The monoisotopic (exact) mass is 309 g/mol. The van der Waals surface area contributed by atoms with Crippen molar-refractivity contribution in [2.45, 2.75) is 59.3 Å². The smallest absolute Gasteiger partial charge is 0.308 e. The Morgan fingerprint density at radius 1 is 1.09 bits per heavy atom. The van der Waals surface area contributed by atoms with Crippen LogP contribution in [-0.2, 0) is 4.79 Å². The average molecular weight is 309 g/mol. The zero-order valence-electron chi connectivity index (χ0n) is 14.0. The summed E-state index contributed by atoms with van der Waals surface area (Å²) in [4.78, 5) is 11.3. The first kappa shape index (κ1) is 18.3. The standard InChI is InChI=1S/C17H27NO4/c1-6-15(17(19)20)16(18)12-7-13(21-10(2)3)9-14(8-12)22-11(4)5/h7-11,15-16H,6,18H2,1-5H3,(H,19,20). The molecule has 0 amide bonds. The fourth-order valence-electron chi connectivity index (χ4n) is 2.28. The van der Waals surface area contributed by atoms with Crippen molar-refractivity contribution in [2.24, 2.45) is 11.7 Å². The Bertz CT molecular complexity index is 471. The normalized spacial score (nSPS) is 14.0. The maximum absolute atomic E-state index is 11.3. The summed E-state index contributed by atoms with van der Waals surface area (Å²) in [6, 6.07) is 4.79. The van der Waals surface area contributed by atoms with Crippen molar-refractivity contribution in [2.75, 3.05) is 0 Å². The Kier molecular flexibility index (Phi) is 6.68. The Labute approximate surface area is 132 Å². The van der Waals surface area contributed by atoms with Gasteiger partial charge in [-0.05, 0) is 51.8 Å². The van der Waals surface area contributed by atoms with Gasteiger partial charge in [-0.25, -0.2) is 0 Å². The van der Waals surface area contributed by atoms with Gasteiger partial charge in [0.15, 0.2) is 0 Å². The van der Waals surface area contributed by atoms with Crippen LogP contribution in [0.2, 0.25) is 0 Å². The van der Waals surface area contributed by atoms with Crippen LogP contribution >= 0.6 is 0 Å². The van der Waals surface area contributed by atoms with E-state index < -0.39 is 17.9 Å². The Balaban J connectivity index is 3.17. The third kappa shape index (κ3) is 5.22. The Hall–Kier alpha value is -1.75. The van der Waals surface area contributed by atoms with Gasteiger partial charge in [0.05, 0.1) is 18.1 Å². The summed E-state index contributed by atoms with van der Waals surface area (Å²) >= 11 is 0. The van der Waals surface area contributed by atoms with Gasteiger partial charge in [-0.2, -0.15) is 0 Å². The SMILES string of the molecule is CCC(C(=O)O)C(N)c1cc(OC(C)C)cc(OC(C)C)c1. The first-order chi connectivity index (χ1) is 10.2. The lowest BCUT2D eigenvalue weighted by Gasteiger charge is -2.22. The van der Waals surface area contributed by atoms with E-state index in [1.807, 2.05) is 34.6 Å². The zero-order valence-corrected chi connectivity index (χ0v) is 14.0. The number of carboxylic acids is 1. The van der Waals surface area contributed by atoms with Gasteiger partial charge in [0.2, 0.25) is 0 Å². The average Bonchev–Trinajstić information content (AvgIpc) is 2.36. The lowest BCUT2D eigenvalue weighted by molar-refractivity contribution is -0.142. The molecule has 0 aliphatic rings. The van der Waals surface area contributed by atoms with Gasteiger partial charge >= 0.3 is 5.97 Å². The third-order valence-corrected chi connectivity index (χ3v) is 3.22. The van der Waals surface area contributed by atoms with Crippen molar-refractivity contribution in [1.82, 2.24) is 0 Å². The van der Waals surface area contributed by atoms with Crippen molar-refractivity contribution < 1.29 is 19.4 Å². The molecule has 0 spiro atoms. The van der Waals surface area contributed by atoms with Crippen LogP contribution in [0.25, 0.3) is 0 Å². The molecule has 0 aliphatic carbocycles. The van der Waals surface area contributed by atoms with E-state index in [1.54, 1.807) is 18.2 Å². The first-order valence-electron chi connectivity index (χ1n) is 7.71. The highest BCUT2D eigenvalue weighted by Crippen LogP contribution is 2.31. The minimum absolute atomic E-state index is 0.0137. The fraction of sp³-hybridized carbons (Fsp3) is 0.588. The van der Waals surface area contributed by atoms with Crippen LogP contribution in [0.1, 0.15) is 52.6 Å². The quantitative estimate of drug-likeness (QED) is 0.769. The molecule has 3 N–H and O–H groups in total. The largest absolute Gasteiger partial charge is 0.491 e. The van der Waals surface area contributed by atoms with E-state index in [4.69, 9.17) is 15.2 Å². The lowest BCUT2D eigenvalue weighted by Crippen LogP contribution is -2.27. The first-order valence-corrected chi connectivity index (χ1v) is 7.71. The molecule has 0 saturated heterocycles. The molecule has 0 bridgehead atoms.